The molecule has 1 unspecified atom stereocenters. The molecule has 0 fully saturated rings. The molecule has 17 heavy (non-hydrogen) atoms. The monoisotopic (exact) mass is 228 g/mol. The summed E-state index contributed by atoms with van der Waals surface area (Å²) in [6.07, 6.45) is 3.60. The van der Waals surface area contributed by atoms with Crippen LogP contribution in [0.15, 0.2) is 48.8 Å². The third kappa shape index (κ3) is 3.04. The quantitative estimate of drug-likeness (QED) is 0.874. The van der Waals surface area contributed by atoms with Crippen molar-refractivity contribution in [1.82, 2.24) is 4.98 Å². The fourth-order valence-electron chi connectivity index (χ4n) is 1.57. The van der Waals surface area contributed by atoms with Gasteiger partial charge >= 0.3 is 0 Å². The van der Waals surface area contributed by atoms with Gasteiger partial charge in [0.15, 0.2) is 0 Å². The summed E-state index contributed by atoms with van der Waals surface area (Å²) in [5.74, 6) is 0.845. The Labute approximate surface area is 101 Å². The predicted octanol–water partition coefficient (Wildman–Crippen LogP) is 2.47. The SMILES string of the molecule is CC(CN)Oc1cccc(-c2ccncc2)c1. The highest BCUT2D eigenvalue weighted by Gasteiger charge is 2.03. The minimum atomic E-state index is 0.0303. The van der Waals surface area contributed by atoms with E-state index >= 15 is 0 Å². The third-order valence-corrected chi connectivity index (χ3v) is 2.52. The van der Waals surface area contributed by atoms with Gasteiger partial charge in [-0.25, -0.2) is 0 Å². The lowest BCUT2D eigenvalue weighted by atomic mass is 10.1. The maximum absolute atomic E-state index is 5.69. The third-order valence-electron chi connectivity index (χ3n) is 2.52. The zero-order chi connectivity index (χ0) is 12.1. The number of aromatic nitrogens is 1. The first-order valence-corrected chi connectivity index (χ1v) is 5.67. The van der Waals surface area contributed by atoms with Gasteiger partial charge in [0.2, 0.25) is 0 Å². The van der Waals surface area contributed by atoms with Gasteiger partial charge in [0, 0.05) is 18.9 Å². The Balaban J connectivity index is 2.23. The molecule has 1 aromatic heterocycles. The van der Waals surface area contributed by atoms with Crippen molar-refractivity contribution in [2.24, 2.45) is 5.73 Å². The summed E-state index contributed by atoms with van der Waals surface area (Å²) in [5, 5.41) is 0. The van der Waals surface area contributed by atoms with Crippen molar-refractivity contribution in [3.63, 3.8) is 0 Å². The zero-order valence-electron chi connectivity index (χ0n) is 9.84. The Morgan fingerprint density at radius 3 is 2.65 bits per heavy atom. The minimum absolute atomic E-state index is 0.0303. The van der Waals surface area contributed by atoms with E-state index in [-0.39, 0.29) is 6.10 Å². The molecule has 0 saturated heterocycles. The first kappa shape index (κ1) is 11.6. The van der Waals surface area contributed by atoms with E-state index < -0.39 is 0 Å². The second kappa shape index (κ2) is 5.46. The van der Waals surface area contributed by atoms with Crippen molar-refractivity contribution in [2.75, 3.05) is 6.54 Å². The fourth-order valence-corrected chi connectivity index (χ4v) is 1.57. The molecule has 1 heterocycles. The lowest BCUT2D eigenvalue weighted by Gasteiger charge is -2.13. The highest BCUT2D eigenvalue weighted by Crippen LogP contribution is 2.23. The molecule has 2 aromatic rings. The molecule has 2 N–H and O–H groups in total. The maximum atomic E-state index is 5.69. The molecule has 0 aliphatic heterocycles. The van der Waals surface area contributed by atoms with Crippen molar-refractivity contribution in [1.29, 1.82) is 0 Å². The van der Waals surface area contributed by atoms with Crippen LogP contribution in [0.1, 0.15) is 6.92 Å². The van der Waals surface area contributed by atoms with Gasteiger partial charge in [-0.15, -0.1) is 0 Å². The molecule has 0 saturated carbocycles. The Morgan fingerprint density at radius 1 is 1.18 bits per heavy atom. The molecular weight excluding hydrogens is 212 g/mol. The van der Waals surface area contributed by atoms with E-state index in [1.165, 1.54) is 0 Å². The first-order valence-electron chi connectivity index (χ1n) is 5.67. The van der Waals surface area contributed by atoms with Crippen LogP contribution in [0.5, 0.6) is 5.75 Å². The molecular formula is C14H16N2O. The number of hydrogen-bond acceptors (Lipinski definition) is 3. The Kier molecular flexibility index (Phi) is 3.73. The molecule has 3 heteroatoms. The molecule has 0 bridgehead atoms. The molecule has 88 valence electrons. The van der Waals surface area contributed by atoms with Crippen LogP contribution in [0.2, 0.25) is 0 Å². The van der Waals surface area contributed by atoms with E-state index in [0.29, 0.717) is 6.54 Å². The van der Waals surface area contributed by atoms with Crippen molar-refractivity contribution >= 4 is 0 Å². The molecule has 1 aromatic carbocycles. The summed E-state index contributed by atoms with van der Waals surface area (Å²) >= 11 is 0. The average Bonchev–Trinajstić information content (AvgIpc) is 2.40. The van der Waals surface area contributed by atoms with Crippen LogP contribution < -0.4 is 10.5 Å². The van der Waals surface area contributed by atoms with E-state index in [0.717, 1.165) is 16.9 Å². The van der Waals surface area contributed by atoms with Crippen molar-refractivity contribution in [2.45, 2.75) is 13.0 Å². The smallest absolute Gasteiger partial charge is 0.120 e. The largest absolute Gasteiger partial charge is 0.489 e. The second-order valence-corrected chi connectivity index (χ2v) is 3.93. The molecule has 0 aliphatic rings. The van der Waals surface area contributed by atoms with E-state index in [1.54, 1.807) is 12.4 Å². The molecule has 0 spiro atoms. The van der Waals surface area contributed by atoms with E-state index in [1.807, 2.05) is 37.3 Å². The van der Waals surface area contributed by atoms with E-state index in [2.05, 4.69) is 11.1 Å². The lowest BCUT2D eigenvalue weighted by molar-refractivity contribution is 0.230. The number of nitrogens with zero attached hydrogens (tertiary/aromatic N) is 1. The minimum Gasteiger partial charge on any atom is -0.489 e. The van der Waals surface area contributed by atoms with Gasteiger partial charge in [-0.05, 0) is 42.3 Å². The van der Waals surface area contributed by atoms with Crippen molar-refractivity contribution < 1.29 is 4.74 Å². The summed E-state index contributed by atoms with van der Waals surface area (Å²) in [7, 11) is 0. The number of rotatable bonds is 4. The van der Waals surface area contributed by atoms with Crippen LogP contribution in [0, 0.1) is 0 Å². The Hall–Kier alpha value is -1.87. The highest BCUT2D eigenvalue weighted by atomic mass is 16.5. The van der Waals surface area contributed by atoms with Crippen LogP contribution in [0.3, 0.4) is 0 Å². The van der Waals surface area contributed by atoms with Gasteiger partial charge in [-0.1, -0.05) is 12.1 Å². The van der Waals surface area contributed by atoms with Gasteiger partial charge in [0.05, 0.1) is 0 Å². The van der Waals surface area contributed by atoms with Gasteiger partial charge in [0.1, 0.15) is 11.9 Å². The standard InChI is InChI=1S/C14H16N2O/c1-11(10-15)17-14-4-2-3-13(9-14)12-5-7-16-8-6-12/h2-9,11H,10,15H2,1H3. The second-order valence-electron chi connectivity index (χ2n) is 3.93. The molecule has 0 aliphatic carbocycles. The zero-order valence-corrected chi connectivity index (χ0v) is 9.84. The summed E-state index contributed by atoms with van der Waals surface area (Å²) in [5.41, 5.74) is 7.79. The van der Waals surface area contributed by atoms with Gasteiger partial charge in [-0.2, -0.15) is 0 Å². The van der Waals surface area contributed by atoms with Gasteiger partial charge in [-0.3, -0.25) is 4.98 Å². The number of pyridine rings is 1. The summed E-state index contributed by atoms with van der Waals surface area (Å²) in [4.78, 5) is 4.01. The molecule has 2 rings (SSSR count). The number of nitrogens with two attached hydrogens (primary N) is 1. The topological polar surface area (TPSA) is 48.1 Å². The van der Waals surface area contributed by atoms with Crippen LogP contribution in [0.4, 0.5) is 0 Å². The number of ether oxygens (including phenoxy) is 1. The van der Waals surface area contributed by atoms with Crippen molar-refractivity contribution in [3.8, 4) is 16.9 Å². The van der Waals surface area contributed by atoms with Crippen LogP contribution in [0.25, 0.3) is 11.1 Å². The summed E-state index contributed by atoms with van der Waals surface area (Å²) < 4.78 is 5.69. The van der Waals surface area contributed by atoms with E-state index in [4.69, 9.17) is 10.5 Å². The highest BCUT2D eigenvalue weighted by molar-refractivity contribution is 5.64. The van der Waals surface area contributed by atoms with E-state index in [9.17, 15) is 0 Å². The van der Waals surface area contributed by atoms with Crippen LogP contribution in [-0.2, 0) is 0 Å². The van der Waals surface area contributed by atoms with Crippen LogP contribution in [-0.4, -0.2) is 17.6 Å². The maximum Gasteiger partial charge on any atom is 0.120 e. The first-order chi connectivity index (χ1) is 8.29. The van der Waals surface area contributed by atoms with Crippen LogP contribution >= 0.6 is 0 Å². The van der Waals surface area contributed by atoms with Gasteiger partial charge < -0.3 is 10.5 Å². The Morgan fingerprint density at radius 2 is 1.94 bits per heavy atom. The summed E-state index contributed by atoms with van der Waals surface area (Å²) in [6, 6.07) is 11.9. The average molecular weight is 228 g/mol. The Bertz CT molecular complexity index is 471. The lowest BCUT2D eigenvalue weighted by Crippen LogP contribution is -2.22. The normalized spacial score (nSPS) is 12.1. The molecule has 3 nitrogen and oxygen atoms in total. The fraction of sp³-hybridized carbons (Fsp3) is 0.214. The molecule has 0 radical (unpaired) electrons. The van der Waals surface area contributed by atoms with Gasteiger partial charge in [0.25, 0.3) is 0 Å². The molecule has 1 atom stereocenters. The van der Waals surface area contributed by atoms with Crippen molar-refractivity contribution in [3.05, 3.63) is 48.8 Å². The predicted molar refractivity (Wildman–Crippen MR) is 68.8 cm³/mol. The number of benzene rings is 1. The molecule has 0 amide bonds. The summed E-state index contributed by atoms with van der Waals surface area (Å²) in [6.45, 7) is 2.47. The number of hydrogen-bond donors (Lipinski definition) is 1.